The summed E-state index contributed by atoms with van der Waals surface area (Å²) in [4.78, 5) is 4.14. The average Bonchev–Trinajstić information content (AvgIpc) is 2.74. The van der Waals surface area contributed by atoms with Gasteiger partial charge in [-0.05, 0) is 13.8 Å². The Kier molecular flexibility index (Phi) is 2.74. The molecular formula is C10H15N5O. The summed E-state index contributed by atoms with van der Waals surface area (Å²) in [7, 11) is 0. The molecule has 0 aliphatic heterocycles. The third kappa shape index (κ3) is 1.83. The monoisotopic (exact) mass is 221 g/mol. The topological polar surface area (TPSA) is 82.8 Å². The fourth-order valence-corrected chi connectivity index (χ4v) is 1.72. The van der Waals surface area contributed by atoms with Crippen LogP contribution in [0.1, 0.15) is 28.7 Å². The molecule has 16 heavy (non-hydrogen) atoms. The van der Waals surface area contributed by atoms with Crippen LogP contribution in [0.25, 0.3) is 0 Å². The second-order valence-electron chi connectivity index (χ2n) is 3.74. The van der Waals surface area contributed by atoms with Gasteiger partial charge in [0.2, 0.25) is 5.89 Å². The third-order valence-corrected chi connectivity index (χ3v) is 2.60. The molecule has 86 valence electrons. The quantitative estimate of drug-likeness (QED) is 0.824. The SMILES string of the molecule is Cc1nc(Cn2nc(C)c(CN)c2C)no1. The van der Waals surface area contributed by atoms with Crippen molar-refractivity contribution in [3.63, 3.8) is 0 Å². The lowest BCUT2D eigenvalue weighted by molar-refractivity contribution is 0.385. The minimum atomic E-state index is 0.503. The highest BCUT2D eigenvalue weighted by molar-refractivity contribution is 5.24. The average molecular weight is 221 g/mol. The zero-order chi connectivity index (χ0) is 11.7. The van der Waals surface area contributed by atoms with E-state index in [4.69, 9.17) is 10.3 Å². The van der Waals surface area contributed by atoms with Crippen molar-refractivity contribution in [2.24, 2.45) is 5.73 Å². The van der Waals surface area contributed by atoms with E-state index in [1.54, 1.807) is 6.92 Å². The van der Waals surface area contributed by atoms with Crippen molar-refractivity contribution in [1.29, 1.82) is 0 Å². The van der Waals surface area contributed by atoms with Crippen LogP contribution in [-0.4, -0.2) is 19.9 Å². The number of aryl methyl sites for hydroxylation is 2. The lowest BCUT2D eigenvalue weighted by Gasteiger charge is -2.00. The fourth-order valence-electron chi connectivity index (χ4n) is 1.72. The molecule has 0 saturated carbocycles. The zero-order valence-corrected chi connectivity index (χ0v) is 9.69. The smallest absolute Gasteiger partial charge is 0.223 e. The van der Waals surface area contributed by atoms with Crippen LogP contribution in [0.5, 0.6) is 0 Å². The van der Waals surface area contributed by atoms with Crippen molar-refractivity contribution in [2.45, 2.75) is 33.9 Å². The molecule has 0 unspecified atom stereocenters. The van der Waals surface area contributed by atoms with E-state index in [0.717, 1.165) is 17.0 Å². The summed E-state index contributed by atoms with van der Waals surface area (Å²) in [6, 6.07) is 0. The zero-order valence-electron chi connectivity index (χ0n) is 9.69. The highest BCUT2D eigenvalue weighted by atomic mass is 16.5. The molecule has 0 amide bonds. The minimum Gasteiger partial charge on any atom is -0.340 e. The van der Waals surface area contributed by atoms with E-state index < -0.39 is 0 Å². The molecule has 0 bridgehead atoms. The van der Waals surface area contributed by atoms with E-state index in [0.29, 0.717) is 24.8 Å². The molecule has 2 N–H and O–H groups in total. The van der Waals surface area contributed by atoms with E-state index in [1.807, 2.05) is 18.5 Å². The van der Waals surface area contributed by atoms with E-state index >= 15 is 0 Å². The first kappa shape index (κ1) is 10.8. The molecule has 0 fully saturated rings. The Bertz CT molecular complexity index is 499. The Morgan fingerprint density at radius 2 is 2.06 bits per heavy atom. The molecule has 6 nitrogen and oxygen atoms in total. The summed E-state index contributed by atoms with van der Waals surface area (Å²) >= 11 is 0. The summed E-state index contributed by atoms with van der Waals surface area (Å²) in [6.07, 6.45) is 0. The van der Waals surface area contributed by atoms with Gasteiger partial charge >= 0.3 is 0 Å². The molecule has 2 heterocycles. The number of hydrogen-bond donors (Lipinski definition) is 1. The molecule has 0 radical (unpaired) electrons. The summed E-state index contributed by atoms with van der Waals surface area (Å²) in [5.41, 5.74) is 8.76. The van der Waals surface area contributed by atoms with Gasteiger partial charge in [0.1, 0.15) is 6.54 Å². The number of nitrogens with zero attached hydrogens (tertiary/aromatic N) is 4. The van der Waals surface area contributed by atoms with Crippen molar-refractivity contribution in [2.75, 3.05) is 0 Å². The molecule has 0 aromatic carbocycles. The predicted octanol–water partition coefficient (Wildman–Crippen LogP) is 0.698. The summed E-state index contributed by atoms with van der Waals surface area (Å²) in [6.45, 7) is 6.73. The van der Waals surface area contributed by atoms with Crippen molar-refractivity contribution in [1.82, 2.24) is 19.9 Å². The molecule has 6 heteroatoms. The standard InChI is InChI=1S/C10H15N5O/c1-6-9(4-11)7(2)15(13-6)5-10-12-8(3)16-14-10/h4-5,11H2,1-3H3. The predicted molar refractivity (Wildman–Crippen MR) is 57.7 cm³/mol. The van der Waals surface area contributed by atoms with Gasteiger partial charge in [0, 0.05) is 24.7 Å². The van der Waals surface area contributed by atoms with E-state index in [-0.39, 0.29) is 0 Å². The largest absolute Gasteiger partial charge is 0.340 e. The van der Waals surface area contributed by atoms with Gasteiger partial charge < -0.3 is 10.3 Å². The first-order valence-electron chi connectivity index (χ1n) is 5.14. The van der Waals surface area contributed by atoms with Crippen LogP contribution in [0.4, 0.5) is 0 Å². The first-order chi connectivity index (χ1) is 7.61. The second-order valence-corrected chi connectivity index (χ2v) is 3.74. The lowest BCUT2D eigenvalue weighted by atomic mass is 10.2. The van der Waals surface area contributed by atoms with Gasteiger partial charge in [-0.2, -0.15) is 10.1 Å². The molecular weight excluding hydrogens is 206 g/mol. The molecule has 0 aliphatic rings. The fraction of sp³-hybridized carbons (Fsp3) is 0.500. The van der Waals surface area contributed by atoms with E-state index in [1.165, 1.54) is 0 Å². The Labute approximate surface area is 93.4 Å². The maximum absolute atomic E-state index is 5.66. The molecule has 0 spiro atoms. The highest BCUT2D eigenvalue weighted by Crippen LogP contribution is 2.12. The van der Waals surface area contributed by atoms with Crippen LogP contribution in [0.2, 0.25) is 0 Å². The Hall–Kier alpha value is -1.69. The summed E-state index contributed by atoms with van der Waals surface area (Å²) < 4.78 is 6.76. The van der Waals surface area contributed by atoms with Crippen molar-refractivity contribution < 1.29 is 4.52 Å². The van der Waals surface area contributed by atoms with E-state index in [2.05, 4.69) is 15.2 Å². The number of nitrogens with two attached hydrogens (primary N) is 1. The van der Waals surface area contributed by atoms with Crippen LogP contribution in [-0.2, 0) is 13.1 Å². The Morgan fingerprint density at radius 3 is 2.56 bits per heavy atom. The van der Waals surface area contributed by atoms with Crippen LogP contribution >= 0.6 is 0 Å². The molecule has 2 aromatic heterocycles. The van der Waals surface area contributed by atoms with Crippen LogP contribution in [0.15, 0.2) is 4.52 Å². The maximum atomic E-state index is 5.66. The van der Waals surface area contributed by atoms with Crippen LogP contribution < -0.4 is 5.73 Å². The van der Waals surface area contributed by atoms with Crippen molar-refractivity contribution >= 4 is 0 Å². The summed E-state index contributed by atoms with van der Waals surface area (Å²) in [5.74, 6) is 1.20. The van der Waals surface area contributed by atoms with Crippen molar-refractivity contribution in [3.8, 4) is 0 Å². The molecule has 2 rings (SSSR count). The Morgan fingerprint density at radius 1 is 1.31 bits per heavy atom. The van der Waals surface area contributed by atoms with Gasteiger partial charge in [-0.3, -0.25) is 4.68 Å². The van der Waals surface area contributed by atoms with Gasteiger partial charge in [0.05, 0.1) is 5.69 Å². The van der Waals surface area contributed by atoms with Crippen LogP contribution in [0.3, 0.4) is 0 Å². The van der Waals surface area contributed by atoms with Gasteiger partial charge in [0.15, 0.2) is 5.82 Å². The van der Waals surface area contributed by atoms with Crippen LogP contribution in [0, 0.1) is 20.8 Å². The normalized spacial score (nSPS) is 11.0. The second kappa shape index (κ2) is 4.05. The number of hydrogen-bond acceptors (Lipinski definition) is 5. The molecule has 2 aromatic rings. The number of aromatic nitrogens is 4. The van der Waals surface area contributed by atoms with Gasteiger partial charge in [-0.25, -0.2) is 0 Å². The number of rotatable bonds is 3. The molecule has 0 saturated heterocycles. The lowest BCUT2D eigenvalue weighted by Crippen LogP contribution is -2.06. The van der Waals surface area contributed by atoms with E-state index in [9.17, 15) is 0 Å². The Balaban J connectivity index is 2.28. The minimum absolute atomic E-state index is 0.503. The molecule has 0 atom stereocenters. The van der Waals surface area contributed by atoms with Gasteiger partial charge in [-0.15, -0.1) is 0 Å². The van der Waals surface area contributed by atoms with Crippen molar-refractivity contribution in [3.05, 3.63) is 28.7 Å². The van der Waals surface area contributed by atoms with Gasteiger partial charge in [0.25, 0.3) is 0 Å². The highest BCUT2D eigenvalue weighted by Gasteiger charge is 2.12. The third-order valence-electron chi connectivity index (χ3n) is 2.60. The van der Waals surface area contributed by atoms with Gasteiger partial charge in [-0.1, -0.05) is 5.16 Å². The maximum Gasteiger partial charge on any atom is 0.223 e. The summed E-state index contributed by atoms with van der Waals surface area (Å²) in [5, 5.41) is 8.24. The molecule has 0 aliphatic carbocycles. The first-order valence-corrected chi connectivity index (χ1v) is 5.14.